The van der Waals surface area contributed by atoms with Gasteiger partial charge in [0.2, 0.25) is 0 Å². The molecule has 1 rings (SSSR count). The van der Waals surface area contributed by atoms with E-state index in [0.29, 0.717) is 0 Å². The standard InChI is InChI=1S/C18H31NO/c1-5-6-7-8-9-10-11-17(19)16-12-15(3)18(20-4)13-14(16)2/h12-13,17H,5-11,19H2,1-4H3. The Bertz CT molecular complexity index is 401. The summed E-state index contributed by atoms with van der Waals surface area (Å²) in [6, 6.07) is 4.45. The van der Waals surface area contributed by atoms with Crippen LogP contribution in [0.4, 0.5) is 0 Å². The van der Waals surface area contributed by atoms with Crippen LogP contribution >= 0.6 is 0 Å². The molecule has 1 aromatic carbocycles. The zero-order chi connectivity index (χ0) is 15.0. The number of hydrogen-bond acceptors (Lipinski definition) is 2. The number of hydrogen-bond donors (Lipinski definition) is 1. The zero-order valence-electron chi connectivity index (χ0n) is 13.7. The summed E-state index contributed by atoms with van der Waals surface area (Å²) in [5.41, 5.74) is 10.0. The third kappa shape index (κ3) is 5.16. The highest BCUT2D eigenvalue weighted by Crippen LogP contribution is 2.28. The van der Waals surface area contributed by atoms with Crippen LogP contribution in [0.15, 0.2) is 12.1 Å². The minimum Gasteiger partial charge on any atom is -0.496 e. The first kappa shape index (κ1) is 17.0. The van der Waals surface area contributed by atoms with Gasteiger partial charge in [0.05, 0.1) is 7.11 Å². The number of aryl methyl sites for hydroxylation is 2. The van der Waals surface area contributed by atoms with E-state index in [2.05, 4.69) is 32.9 Å². The molecule has 0 aliphatic carbocycles. The number of rotatable bonds is 9. The monoisotopic (exact) mass is 277 g/mol. The summed E-state index contributed by atoms with van der Waals surface area (Å²) in [7, 11) is 1.72. The molecule has 0 saturated heterocycles. The first-order valence-electron chi connectivity index (χ1n) is 8.00. The normalized spacial score (nSPS) is 12.4. The molecule has 0 aliphatic rings. The van der Waals surface area contributed by atoms with E-state index in [1.54, 1.807) is 7.11 Å². The van der Waals surface area contributed by atoms with Gasteiger partial charge in [-0.2, -0.15) is 0 Å². The lowest BCUT2D eigenvalue weighted by Gasteiger charge is -2.17. The van der Waals surface area contributed by atoms with E-state index in [0.717, 1.165) is 12.2 Å². The number of methoxy groups -OCH3 is 1. The lowest BCUT2D eigenvalue weighted by Crippen LogP contribution is -2.12. The Balaban J connectivity index is 2.47. The summed E-state index contributed by atoms with van der Waals surface area (Å²) in [6.07, 6.45) is 9.01. The summed E-state index contributed by atoms with van der Waals surface area (Å²) < 4.78 is 5.36. The number of benzene rings is 1. The fourth-order valence-electron chi connectivity index (χ4n) is 2.73. The van der Waals surface area contributed by atoms with Crippen molar-refractivity contribution in [3.63, 3.8) is 0 Å². The van der Waals surface area contributed by atoms with Crippen LogP contribution in [-0.2, 0) is 0 Å². The van der Waals surface area contributed by atoms with E-state index in [1.165, 1.54) is 55.2 Å². The van der Waals surface area contributed by atoms with Gasteiger partial charge in [0, 0.05) is 6.04 Å². The van der Waals surface area contributed by atoms with E-state index in [1.807, 2.05) is 0 Å². The predicted octanol–water partition coefficient (Wildman–Crippen LogP) is 5.06. The third-order valence-electron chi connectivity index (χ3n) is 4.05. The topological polar surface area (TPSA) is 35.2 Å². The molecule has 0 bridgehead atoms. The smallest absolute Gasteiger partial charge is 0.122 e. The van der Waals surface area contributed by atoms with Crippen LogP contribution in [0.5, 0.6) is 5.75 Å². The van der Waals surface area contributed by atoms with Gasteiger partial charge >= 0.3 is 0 Å². The van der Waals surface area contributed by atoms with E-state index < -0.39 is 0 Å². The van der Waals surface area contributed by atoms with Gasteiger partial charge in [-0.25, -0.2) is 0 Å². The van der Waals surface area contributed by atoms with Crippen LogP contribution < -0.4 is 10.5 Å². The van der Waals surface area contributed by atoms with Crippen LogP contribution in [-0.4, -0.2) is 7.11 Å². The van der Waals surface area contributed by atoms with Crippen molar-refractivity contribution in [1.82, 2.24) is 0 Å². The van der Waals surface area contributed by atoms with Crippen molar-refractivity contribution >= 4 is 0 Å². The fourth-order valence-corrected chi connectivity index (χ4v) is 2.73. The fraction of sp³-hybridized carbons (Fsp3) is 0.667. The molecule has 0 aliphatic heterocycles. The molecule has 2 N–H and O–H groups in total. The minimum atomic E-state index is 0.158. The van der Waals surface area contributed by atoms with E-state index in [-0.39, 0.29) is 6.04 Å². The van der Waals surface area contributed by atoms with Gasteiger partial charge in [-0.3, -0.25) is 0 Å². The van der Waals surface area contributed by atoms with Crippen molar-refractivity contribution < 1.29 is 4.74 Å². The molecular weight excluding hydrogens is 246 g/mol. The average Bonchev–Trinajstić information content (AvgIpc) is 2.44. The highest BCUT2D eigenvalue weighted by Gasteiger charge is 2.11. The second-order valence-corrected chi connectivity index (χ2v) is 5.84. The van der Waals surface area contributed by atoms with Crippen molar-refractivity contribution in [1.29, 1.82) is 0 Å². The number of ether oxygens (including phenoxy) is 1. The van der Waals surface area contributed by atoms with Crippen LogP contribution in [0.3, 0.4) is 0 Å². The minimum absolute atomic E-state index is 0.158. The van der Waals surface area contributed by atoms with Gasteiger partial charge in [0.25, 0.3) is 0 Å². The van der Waals surface area contributed by atoms with Crippen LogP contribution in [0, 0.1) is 13.8 Å². The van der Waals surface area contributed by atoms with Gasteiger partial charge < -0.3 is 10.5 Å². The molecular formula is C18H31NO. The maximum atomic E-state index is 6.36. The Hall–Kier alpha value is -1.02. The maximum Gasteiger partial charge on any atom is 0.122 e. The van der Waals surface area contributed by atoms with E-state index >= 15 is 0 Å². The Kier molecular flexibility index (Phi) is 7.68. The molecule has 2 nitrogen and oxygen atoms in total. The molecule has 0 amide bonds. The molecule has 20 heavy (non-hydrogen) atoms. The molecule has 1 unspecified atom stereocenters. The summed E-state index contributed by atoms with van der Waals surface area (Å²) >= 11 is 0. The van der Waals surface area contributed by atoms with Gasteiger partial charge in [-0.15, -0.1) is 0 Å². The molecule has 0 saturated carbocycles. The van der Waals surface area contributed by atoms with Crippen molar-refractivity contribution in [2.45, 2.75) is 71.8 Å². The predicted molar refractivity (Wildman–Crippen MR) is 87.4 cm³/mol. The van der Waals surface area contributed by atoms with Crippen LogP contribution in [0.2, 0.25) is 0 Å². The second-order valence-electron chi connectivity index (χ2n) is 5.84. The summed E-state index contributed by atoms with van der Waals surface area (Å²) in [5, 5.41) is 0. The summed E-state index contributed by atoms with van der Waals surface area (Å²) in [4.78, 5) is 0. The van der Waals surface area contributed by atoms with E-state index in [9.17, 15) is 0 Å². The highest BCUT2D eigenvalue weighted by atomic mass is 16.5. The SMILES string of the molecule is CCCCCCCCC(N)c1cc(C)c(OC)cc1C. The molecule has 0 fully saturated rings. The number of nitrogens with two attached hydrogens (primary N) is 1. The van der Waals surface area contributed by atoms with Crippen molar-refractivity contribution in [2.75, 3.05) is 7.11 Å². The zero-order valence-corrected chi connectivity index (χ0v) is 13.7. The molecule has 1 atom stereocenters. The molecule has 0 radical (unpaired) electrons. The summed E-state index contributed by atoms with van der Waals surface area (Å²) in [5.74, 6) is 0.956. The Labute approximate surface area is 124 Å². The molecule has 2 heteroatoms. The van der Waals surface area contributed by atoms with Gasteiger partial charge in [-0.1, -0.05) is 51.5 Å². The van der Waals surface area contributed by atoms with Crippen molar-refractivity contribution in [3.05, 3.63) is 28.8 Å². The van der Waals surface area contributed by atoms with Crippen LogP contribution in [0.1, 0.15) is 74.6 Å². The quantitative estimate of drug-likeness (QED) is 0.640. The second kappa shape index (κ2) is 9.02. The Morgan fingerprint density at radius 2 is 1.65 bits per heavy atom. The van der Waals surface area contributed by atoms with E-state index in [4.69, 9.17) is 10.5 Å². The maximum absolute atomic E-state index is 6.36. The van der Waals surface area contributed by atoms with Gasteiger partial charge in [-0.05, 0) is 43.0 Å². The molecule has 0 heterocycles. The largest absolute Gasteiger partial charge is 0.496 e. The highest BCUT2D eigenvalue weighted by molar-refractivity contribution is 5.42. The van der Waals surface area contributed by atoms with Crippen molar-refractivity contribution in [3.8, 4) is 5.75 Å². The Morgan fingerprint density at radius 1 is 1.00 bits per heavy atom. The molecule has 1 aromatic rings. The Morgan fingerprint density at radius 3 is 2.30 bits per heavy atom. The van der Waals surface area contributed by atoms with Gasteiger partial charge in [0.15, 0.2) is 0 Å². The third-order valence-corrected chi connectivity index (χ3v) is 4.05. The number of unbranched alkanes of at least 4 members (excludes halogenated alkanes) is 5. The van der Waals surface area contributed by atoms with Crippen LogP contribution in [0.25, 0.3) is 0 Å². The lowest BCUT2D eigenvalue weighted by molar-refractivity contribution is 0.411. The lowest BCUT2D eigenvalue weighted by atomic mass is 9.95. The van der Waals surface area contributed by atoms with Crippen molar-refractivity contribution in [2.24, 2.45) is 5.73 Å². The first-order valence-corrected chi connectivity index (χ1v) is 8.00. The first-order chi connectivity index (χ1) is 9.60. The molecule has 0 aromatic heterocycles. The average molecular weight is 277 g/mol. The summed E-state index contributed by atoms with van der Waals surface area (Å²) in [6.45, 7) is 6.46. The molecule has 0 spiro atoms. The van der Waals surface area contributed by atoms with Gasteiger partial charge in [0.1, 0.15) is 5.75 Å². The molecule has 114 valence electrons.